The van der Waals surface area contributed by atoms with Gasteiger partial charge in [-0.15, -0.1) is 0 Å². The molecule has 2 amide bonds. The monoisotopic (exact) mass is 523 g/mol. The Morgan fingerprint density at radius 1 is 1.14 bits per heavy atom. The van der Waals surface area contributed by atoms with Crippen LogP contribution >= 0.6 is 43.6 Å². The van der Waals surface area contributed by atoms with Gasteiger partial charge in [-0.25, -0.2) is 0 Å². The Balaban J connectivity index is 1.80. The van der Waals surface area contributed by atoms with Crippen LogP contribution in [-0.2, 0) is 11.4 Å². The fraction of sp³-hybridized carbons (Fsp3) is 0.238. The Hall–Kier alpha value is -1.57. The fourth-order valence-corrected chi connectivity index (χ4v) is 5.25. The zero-order valence-corrected chi connectivity index (χ0v) is 19.7. The third-order valence-electron chi connectivity index (χ3n) is 4.12. The minimum absolute atomic E-state index is 0.158. The third-order valence-corrected chi connectivity index (χ3v) is 6.19. The van der Waals surface area contributed by atoms with E-state index in [1.807, 2.05) is 51.1 Å². The summed E-state index contributed by atoms with van der Waals surface area (Å²) in [5, 5.41) is -0.234. The number of hydrogen-bond donors (Lipinski definition) is 0. The van der Waals surface area contributed by atoms with Crippen LogP contribution in [0.5, 0.6) is 5.75 Å². The predicted octanol–water partition coefficient (Wildman–Crippen LogP) is 6.54. The van der Waals surface area contributed by atoms with E-state index in [2.05, 4.69) is 37.9 Å². The van der Waals surface area contributed by atoms with Gasteiger partial charge in [0.1, 0.15) is 12.4 Å². The van der Waals surface area contributed by atoms with E-state index in [1.165, 1.54) is 10.5 Å². The number of halogens is 2. The molecule has 146 valence electrons. The van der Waals surface area contributed by atoms with Crippen molar-refractivity contribution in [2.45, 2.75) is 33.4 Å². The van der Waals surface area contributed by atoms with Crippen LogP contribution in [0.25, 0.3) is 6.08 Å². The molecule has 1 aliphatic heterocycles. The molecule has 0 saturated carbocycles. The minimum atomic E-state index is -0.253. The number of rotatable bonds is 5. The van der Waals surface area contributed by atoms with Gasteiger partial charge in [-0.1, -0.05) is 29.8 Å². The Kier molecular flexibility index (Phi) is 6.68. The Morgan fingerprint density at radius 2 is 1.82 bits per heavy atom. The number of aryl methyl sites for hydroxylation is 1. The summed E-state index contributed by atoms with van der Waals surface area (Å²) in [5.41, 5.74) is 3.08. The highest BCUT2D eigenvalue weighted by Gasteiger charge is 2.36. The Labute approximate surface area is 185 Å². The lowest BCUT2D eigenvalue weighted by molar-refractivity contribution is -0.123. The average Bonchev–Trinajstić information content (AvgIpc) is 2.87. The van der Waals surface area contributed by atoms with Crippen molar-refractivity contribution in [3.05, 3.63) is 66.9 Å². The molecule has 0 spiro atoms. The smallest absolute Gasteiger partial charge is 0.293 e. The van der Waals surface area contributed by atoms with Gasteiger partial charge < -0.3 is 4.74 Å². The number of benzene rings is 2. The zero-order chi connectivity index (χ0) is 20.4. The molecule has 3 rings (SSSR count). The quantitative estimate of drug-likeness (QED) is 0.416. The molecule has 0 aliphatic carbocycles. The van der Waals surface area contributed by atoms with Gasteiger partial charge in [0.05, 0.1) is 13.9 Å². The maximum atomic E-state index is 12.5. The fourth-order valence-electron chi connectivity index (χ4n) is 2.83. The SMILES string of the molecule is Cc1cccc(COc2c(Br)cc(/C=C3/SC(=O)N(C(C)C)C3=O)cc2Br)c1. The molecule has 1 saturated heterocycles. The highest BCUT2D eigenvalue weighted by Crippen LogP contribution is 2.38. The first-order valence-corrected chi connectivity index (χ1v) is 11.1. The van der Waals surface area contributed by atoms with Gasteiger partial charge in [0.2, 0.25) is 0 Å². The van der Waals surface area contributed by atoms with E-state index in [1.54, 1.807) is 6.08 Å². The van der Waals surface area contributed by atoms with Crippen LogP contribution in [0.4, 0.5) is 4.79 Å². The lowest BCUT2D eigenvalue weighted by atomic mass is 10.1. The second-order valence-electron chi connectivity index (χ2n) is 6.74. The summed E-state index contributed by atoms with van der Waals surface area (Å²) in [5.74, 6) is 0.436. The molecule has 0 radical (unpaired) electrons. The normalized spacial score (nSPS) is 15.8. The molecule has 2 aromatic rings. The first-order chi connectivity index (χ1) is 13.3. The molecular formula is C21H19Br2NO3S. The Morgan fingerprint density at radius 3 is 2.39 bits per heavy atom. The summed E-state index contributed by atoms with van der Waals surface area (Å²) >= 11 is 8.05. The third kappa shape index (κ3) is 4.70. The number of amides is 2. The van der Waals surface area contributed by atoms with Crippen LogP contribution in [0, 0.1) is 6.92 Å². The molecule has 0 aromatic heterocycles. The first kappa shape index (κ1) is 21.1. The lowest BCUT2D eigenvalue weighted by Crippen LogP contribution is -2.34. The van der Waals surface area contributed by atoms with Crippen LogP contribution in [0.15, 0.2) is 50.2 Å². The van der Waals surface area contributed by atoms with Gasteiger partial charge >= 0.3 is 0 Å². The van der Waals surface area contributed by atoms with Crippen LogP contribution in [0.2, 0.25) is 0 Å². The number of thioether (sulfide) groups is 1. The molecule has 4 nitrogen and oxygen atoms in total. The van der Waals surface area contributed by atoms with E-state index < -0.39 is 0 Å². The number of nitrogens with zero attached hydrogens (tertiary/aromatic N) is 1. The molecule has 1 fully saturated rings. The first-order valence-electron chi connectivity index (χ1n) is 8.70. The zero-order valence-electron chi connectivity index (χ0n) is 15.7. The van der Waals surface area contributed by atoms with E-state index in [4.69, 9.17) is 4.74 Å². The van der Waals surface area contributed by atoms with Crippen LogP contribution in [-0.4, -0.2) is 22.1 Å². The predicted molar refractivity (Wildman–Crippen MR) is 120 cm³/mol. The van der Waals surface area contributed by atoms with Gasteiger partial charge in [-0.3, -0.25) is 14.5 Å². The average molecular weight is 525 g/mol. The van der Waals surface area contributed by atoms with Crippen molar-refractivity contribution in [2.75, 3.05) is 0 Å². The summed E-state index contributed by atoms with van der Waals surface area (Å²) in [4.78, 5) is 26.2. The van der Waals surface area contributed by atoms with E-state index in [-0.39, 0.29) is 17.2 Å². The number of imide groups is 1. The van der Waals surface area contributed by atoms with Crippen LogP contribution < -0.4 is 4.74 Å². The van der Waals surface area contributed by atoms with Crippen molar-refractivity contribution in [2.24, 2.45) is 0 Å². The molecule has 1 heterocycles. The van der Waals surface area contributed by atoms with Crippen molar-refractivity contribution in [3.63, 3.8) is 0 Å². The van der Waals surface area contributed by atoms with Crippen molar-refractivity contribution in [3.8, 4) is 5.75 Å². The topological polar surface area (TPSA) is 46.6 Å². The number of ether oxygens (including phenoxy) is 1. The summed E-state index contributed by atoms with van der Waals surface area (Å²) in [6.45, 7) is 6.15. The van der Waals surface area contributed by atoms with Crippen LogP contribution in [0.1, 0.15) is 30.5 Å². The number of hydrogen-bond acceptors (Lipinski definition) is 4. The van der Waals surface area contributed by atoms with Crippen molar-refractivity contribution in [1.82, 2.24) is 4.90 Å². The summed E-state index contributed by atoms with van der Waals surface area (Å²) in [6.07, 6.45) is 1.73. The second-order valence-corrected chi connectivity index (χ2v) is 9.44. The lowest BCUT2D eigenvalue weighted by Gasteiger charge is -2.16. The van der Waals surface area contributed by atoms with Gasteiger partial charge in [-0.05, 0) is 93.7 Å². The molecule has 7 heteroatoms. The highest BCUT2D eigenvalue weighted by atomic mass is 79.9. The van der Waals surface area contributed by atoms with Gasteiger partial charge in [0.15, 0.2) is 0 Å². The largest absolute Gasteiger partial charge is 0.487 e. The van der Waals surface area contributed by atoms with Gasteiger partial charge in [-0.2, -0.15) is 0 Å². The van der Waals surface area contributed by atoms with Crippen molar-refractivity contribution >= 4 is 60.8 Å². The maximum Gasteiger partial charge on any atom is 0.293 e. The van der Waals surface area contributed by atoms with Crippen molar-refractivity contribution in [1.29, 1.82) is 0 Å². The standard InChI is InChI=1S/C21H19Br2NO3S/c1-12(2)24-20(25)18(28-21(24)26)10-15-8-16(22)19(17(23)9-15)27-11-14-6-4-5-13(3)7-14/h4-10,12H,11H2,1-3H3/b18-10+. The molecule has 1 aliphatic rings. The number of carbonyl (C=O) groups is 2. The molecule has 0 N–H and O–H groups in total. The molecule has 0 atom stereocenters. The van der Waals surface area contributed by atoms with E-state index >= 15 is 0 Å². The van der Waals surface area contributed by atoms with E-state index in [9.17, 15) is 9.59 Å². The molecular weight excluding hydrogens is 506 g/mol. The van der Waals surface area contributed by atoms with Crippen molar-refractivity contribution < 1.29 is 14.3 Å². The summed E-state index contributed by atoms with van der Waals surface area (Å²) < 4.78 is 7.51. The van der Waals surface area contributed by atoms with Crippen LogP contribution in [0.3, 0.4) is 0 Å². The molecule has 28 heavy (non-hydrogen) atoms. The molecule has 0 bridgehead atoms. The second kappa shape index (κ2) is 8.84. The van der Waals surface area contributed by atoms with E-state index in [0.29, 0.717) is 17.3 Å². The van der Waals surface area contributed by atoms with Gasteiger partial charge in [0.25, 0.3) is 11.1 Å². The summed E-state index contributed by atoms with van der Waals surface area (Å²) in [6, 6.07) is 11.7. The number of carbonyl (C=O) groups excluding carboxylic acids is 2. The summed E-state index contributed by atoms with van der Waals surface area (Å²) in [7, 11) is 0. The highest BCUT2D eigenvalue weighted by molar-refractivity contribution is 9.11. The minimum Gasteiger partial charge on any atom is -0.487 e. The molecule has 2 aromatic carbocycles. The Bertz CT molecular complexity index is 949. The maximum absolute atomic E-state index is 12.5. The van der Waals surface area contributed by atoms with E-state index in [0.717, 1.165) is 31.8 Å². The molecule has 0 unspecified atom stereocenters. The van der Waals surface area contributed by atoms with Gasteiger partial charge in [0, 0.05) is 6.04 Å².